The van der Waals surface area contributed by atoms with E-state index in [1.54, 1.807) is 12.3 Å². The van der Waals surface area contributed by atoms with Gasteiger partial charge in [0.15, 0.2) is 0 Å². The first-order valence-electron chi connectivity index (χ1n) is 8.24. The van der Waals surface area contributed by atoms with Gasteiger partial charge in [0.25, 0.3) is 0 Å². The van der Waals surface area contributed by atoms with Gasteiger partial charge >= 0.3 is 0 Å². The Hall–Kier alpha value is -3.02. The summed E-state index contributed by atoms with van der Waals surface area (Å²) < 4.78 is 7.18. The van der Waals surface area contributed by atoms with Crippen molar-refractivity contribution in [3.63, 3.8) is 0 Å². The molecule has 25 heavy (non-hydrogen) atoms. The summed E-state index contributed by atoms with van der Waals surface area (Å²) in [6.45, 7) is 5.98. The minimum Gasteiger partial charge on any atom is -0.467 e. The van der Waals surface area contributed by atoms with Gasteiger partial charge in [0.05, 0.1) is 41.6 Å². The molecule has 6 nitrogen and oxygen atoms in total. The fourth-order valence-electron chi connectivity index (χ4n) is 2.79. The lowest BCUT2D eigenvalue weighted by atomic mass is 10.2. The molecule has 0 aliphatic heterocycles. The molecule has 0 bridgehead atoms. The van der Waals surface area contributed by atoms with Gasteiger partial charge in [0, 0.05) is 0 Å². The number of nitrogens with zero attached hydrogens (tertiary/aromatic N) is 2. The number of hydrogen-bond donors (Lipinski definition) is 2. The highest BCUT2D eigenvalue weighted by molar-refractivity contribution is 5.81. The predicted molar refractivity (Wildman–Crippen MR) is 96.8 cm³/mol. The maximum atomic E-state index is 12.2. The molecule has 0 aliphatic carbocycles. The zero-order chi connectivity index (χ0) is 17.8. The number of benzene rings is 1. The highest BCUT2D eigenvalue weighted by Gasteiger charge is 2.15. The molecule has 2 aromatic heterocycles. The number of amides is 1. The summed E-state index contributed by atoms with van der Waals surface area (Å²) in [6, 6.07) is 13.4. The van der Waals surface area contributed by atoms with Crippen molar-refractivity contribution in [2.24, 2.45) is 0 Å². The van der Waals surface area contributed by atoms with E-state index in [-0.39, 0.29) is 18.5 Å². The minimum atomic E-state index is -0.168. The number of carbonyl (C=O) groups excluding carboxylic acids is 1. The molecule has 0 saturated carbocycles. The van der Waals surface area contributed by atoms with Crippen LogP contribution >= 0.6 is 0 Å². The number of nitrogens with one attached hydrogen (secondary N) is 2. The van der Waals surface area contributed by atoms with Crippen LogP contribution in [0.1, 0.15) is 30.1 Å². The molecule has 0 aliphatic rings. The molecule has 0 fully saturated rings. The molecule has 130 valence electrons. The summed E-state index contributed by atoms with van der Waals surface area (Å²) in [5, 5.41) is 10.7. The van der Waals surface area contributed by atoms with Gasteiger partial charge in [0.2, 0.25) is 5.91 Å². The highest BCUT2D eigenvalue weighted by Crippen LogP contribution is 2.22. The molecule has 2 N–H and O–H groups in total. The molecule has 1 unspecified atom stereocenters. The first-order valence-corrected chi connectivity index (χ1v) is 8.24. The summed E-state index contributed by atoms with van der Waals surface area (Å²) in [4.78, 5) is 12.2. The van der Waals surface area contributed by atoms with Crippen molar-refractivity contribution in [3.8, 4) is 5.69 Å². The van der Waals surface area contributed by atoms with Gasteiger partial charge in [-0.25, -0.2) is 4.68 Å². The van der Waals surface area contributed by atoms with Crippen LogP contribution in [0.5, 0.6) is 0 Å². The zero-order valence-corrected chi connectivity index (χ0v) is 14.6. The third-order valence-electron chi connectivity index (χ3n) is 4.07. The molecular formula is C19H22N4O2. The fraction of sp³-hybridized carbons (Fsp3) is 0.263. The van der Waals surface area contributed by atoms with Crippen LogP contribution in [0.3, 0.4) is 0 Å². The van der Waals surface area contributed by atoms with Crippen molar-refractivity contribution in [2.75, 3.05) is 11.9 Å². The van der Waals surface area contributed by atoms with Crippen molar-refractivity contribution < 1.29 is 9.21 Å². The summed E-state index contributed by atoms with van der Waals surface area (Å²) in [5.41, 5.74) is 3.69. The molecule has 1 amide bonds. The van der Waals surface area contributed by atoms with Crippen LogP contribution < -0.4 is 10.6 Å². The second-order valence-corrected chi connectivity index (χ2v) is 5.95. The van der Waals surface area contributed by atoms with E-state index in [0.29, 0.717) is 0 Å². The molecule has 6 heteroatoms. The molecule has 3 aromatic rings. The Kier molecular flexibility index (Phi) is 4.88. The van der Waals surface area contributed by atoms with E-state index >= 15 is 0 Å². The SMILES string of the molecule is Cc1nn(-c2ccccc2)c(C)c1NCC(=O)NC(C)c1ccco1. The number of rotatable bonds is 6. The third-order valence-corrected chi connectivity index (χ3v) is 4.07. The van der Waals surface area contributed by atoms with E-state index in [1.807, 2.05) is 61.9 Å². The Morgan fingerprint density at radius 3 is 2.64 bits per heavy atom. The number of furan rings is 1. The topological polar surface area (TPSA) is 72.1 Å². The van der Waals surface area contributed by atoms with Crippen LogP contribution in [0.15, 0.2) is 53.1 Å². The molecule has 1 aromatic carbocycles. The highest BCUT2D eigenvalue weighted by atomic mass is 16.3. The maximum absolute atomic E-state index is 12.2. The first-order chi connectivity index (χ1) is 12.1. The molecular weight excluding hydrogens is 316 g/mol. The van der Waals surface area contributed by atoms with E-state index < -0.39 is 0 Å². The van der Waals surface area contributed by atoms with Gasteiger partial charge in [-0.05, 0) is 45.0 Å². The van der Waals surface area contributed by atoms with Crippen LogP contribution in [-0.4, -0.2) is 22.2 Å². The van der Waals surface area contributed by atoms with E-state index in [9.17, 15) is 4.79 Å². The summed E-state index contributed by atoms with van der Waals surface area (Å²) in [5.74, 6) is 0.632. The van der Waals surface area contributed by atoms with Gasteiger partial charge in [-0.2, -0.15) is 5.10 Å². The Labute approximate surface area is 146 Å². The molecule has 3 rings (SSSR count). The van der Waals surface area contributed by atoms with Crippen LogP contribution in [0, 0.1) is 13.8 Å². The van der Waals surface area contributed by atoms with Crippen molar-refractivity contribution in [1.82, 2.24) is 15.1 Å². The molecule has 0 saturated heterocycles. The van der Waals surface area contributed by atoms with Gasteiger partial charge in [-0.15, -0.1) is 0 Å². The maximum Gasteiger partial charge on any atom is 0.239 e. The largest absolute Gasteiger partial charge is 0.467 e. The van der Waals surface area contributed by atoms with Crippen molar-refractivity contribution in [2.45, 2.75) is 26.8 Å². The van der Waals surface area contributed by atoms with E-state index in [0.717, 1.165) is 28.5 Å². The number of aromatic nitrogens is 2. The van der Waals surface area contributed by atoms with Gasteiger partial charge in [0.1, 0.15) is 5.76 Å². The van der Waals surface area contributed by atoms with Crippen LogP contribution in [0.4, 0.5) is 5.69 Å². The van der Waals surface area contributed by atoms with Crippen LogP contribution in [0.2, 0.25) is 0 Å². The zero-order valence-electron chi connectivity index (χ0n) is 14.6. The lowest BCUT2D eigenvalue weighted by molar-refractivity contribution is -0.120. The van der Waals surface area contributed by atoms with Crippen molar-refractivity contribution in [3.05, 3.63) is 65.9 Å². The summed E-state index contributed by atoms with van der Waals surface area (Å²) in [6.07, 6.45) is 1.60. The van der Waals surface area contributed by atoms with Crippen molar-refractivity contribution >= 4 is 11.6 Å². The standard InChI is InChI=1S/C19H22N4O2/c1-13(17-10-7-11-25-17)21-18(24)12-20-19-14(2)22-23(15(19)3)16-8-5-4-6-9-16/h4-11,13,20H,12H2,1-3H3,(H,21,24). The predicted octanol–water partition coefficient (Wildman–Crippen LogP) is 3.37. The van der Waals surface area contributed by atoms with Gasteiger partial charge < -0.3 is 15.1 Å². The normalized spacial score (nSPS) is 12.0. The Morgan fingerprint density at radius 1 is 1.20 bits per heavy atom. The number of anilines is 1. The number of hydrogen-bond acceptors (Lipinski definition) is 4. The summed E-state index contributed by atoms with van der Waals surface area (Å²) in [7, 11) is 0. The molecule has 2 heterocycles. The lowest BCUT2D eigenvalue weighted by Crippen LogP contribution is -2.32. The number of para-hydroxylation sites is 1. The Balaban J connectivity index is 1.65. The van der Waals surface area contributed by atoms with Crippen LogP contribution in [0.25, 0.3) is 5.69 Å². The molecule has 0 radical (unpaired) electrons. The summed E-state index contributed by atoms with van der Waals surface area (Å²) >= 11 is 0. The monoisotopic (exact) mass is 338 g/mol. The smallest absolute Gasteiger partial charge is 0.239 e. The third kappa shape index (κ3) is 3.74. The van der Waals surface area contributed by atoms with E-state index in [4.69, 9.17) is 4.42 Å². The second kappa shape index (κ2) is 7.25. The number of aryl methyl sites for hydroxylation is 1. The Bertz CT molecular complexity index is 838. The lowest BCUT2D eigenvalue weighted by Gasteiger charge is -2.12. The fourth-order valence-corrected chi connectivity index (χ4v) is 2.79. The molecule has 1 atom stereocenters. The number of carbonyl (C=O) groups is 1. The van der Waals surface area contributed by atoms with Gasteiger partial charge in [-0.1, -0.05) is 18.2 Å². The van der Waals surface area contributed by atoms with E-state index in [1.165, 1.54) is 0 Å². The quantitative estimate of drug-likeness (QED) is 0.723. The van der Waals surface area contributed by atoms with Crippen molar-refractivity contribution in [1.29, 1.82) is 0 Å². The van der Waals surface area contributed by atoms with Crippen LogP contribution in [-0.2, 0) is 4.79 Å². The van der Waals surface area contributed by atoms with E-state index in [2.05, 4.69) is 15.7 Å². The average molecular weight is 338 g/mol. The second-order valence-electron chi connectivity index (χ2n) is 5.95. The van der Waals surface area contributed by atoms with Gasteiger partial charge in [-0.3, -0.25) is 4.79 Å². The first kappa shape index (κ1) is 16.8. The Morgan fingerprint density at radius 2 is 1.96 bits per heavy atom. The molecule has 0 spiro atoms. The average Bonchev–Trinajstić information content (AvgIpc) is 3.23. The minimum absolute atomic E-state index is 0.102.